The molecule has 1 aromatic carbocycles. The lowest BCUT2D eigenvalue weighted by molar-refractivity contribution is 0.226. The Bertz CT molecular complexity index is 757. The summed E-state index contributed by atoms with van der Waals surface area (Å²) in [5, 5.41) is 0. The van der Waals surface area contributed by atoms with Crippen molar-refractivity contribution in [2.24, 2.45) is 0 Å². The Morgan fingerprint density at radius 1 is 1.04 bits per heavy atom. The molecule has 0 aliphatic rings. The van der Waals surface area contributed by atoms with E-state index in [1.165, 1.54) is 0 Å². The van der Waals surface area contributed by atoms with E-state index in [9.17, 15) is 0 Å². The van der Waals surface area contributed by atoms with Crippen molar-refractivity contribution in [2.45, 2.75) is 19.6 Å². The maximum absolute atomic E-state index is 5.56. The van der Waals surface area contributed by atoms with Gasteiger partial charge in [-0.15, -0.1) is 0 Å². The molecule has 2 heterocycles. The second kappa shape index (κ2) is 7.61. The van der Waals surface area contributed by atoms with E-state index in [-0.39, 0.29) is 5.95 Å². The van der Waals surface area contributed by atoms with Gasteiger partial charge in [0.15, 0.2) is 0 Å². The summed E-state index contributed by atoms with van der Waals surface area (Å²) in [5.41, 5.74) is 7.72. The quantitative estimate of drug-likeness (QED) is 0.720. The van der Waals surface area contributed by atoms with E-state index in [0.29, 0.717) is 13.1 Å². The zero-order valence-electron chi connectivity index (χ0n) is 13.6. The number of nitrogen functional groups attached to an aromatic ring is 1. The molecule has 24 heavy (non-hydrogen) atoms. The van der Waals surface area contributed by atoms with E-state index in [2.05, 4.69) is 20.9 Å². The summed E-state index contributed by atoms with van der Waals surface area (Å²) in [5.74, 6) is 2.04. The average Bonchev–Trinajstić information content (AvgIpc) is 3.10. The summed E-state index contributed by atoms with van der Waals surface area (Å²) in [6.45, 7) is 2.13. The van der Waals surface area contributed by atoms with Crippen molar-refractivity contribution in [3.63, 3.8) is 0 Å². The summed E-state index contributed by atoms with van der Waals surface area (Å²) >= 11 is 0. The number of benzene rings is 1. The molecule has 2 N–H and O–H groups in total. The van der Waals surface area contributed by atoms with E-state index in [0.717, 1.165) is 29.2 Å². The first-order chi connectivity index (χ1) is 11.7. The summed E-state index contributed by atoms with van der Waals surface area (Å²) in [6.07, 6.45) is 5.19. The Morgan fingerprint density at radius 2 is 1.83 bits per heavy atom. The minimum Gasteiger partial charge on any atom is -0.497 e. The number of anilines is 1. The molecule has 6 nitrogen and oxygen atoms in total. The van der Waals surface area contributed by atoms with Crippen LogP contribution in [0.3, 0.4) is 0 Å². The predicted octanol–water partition coefficient (Wildman–Crippen LogP) is 2.86. The SMILES string of the molecule is COc1cccc(CN(Cc2cnc(N)nc2)Cc2ccco2)c1. The molecular weight excluding hydrogens is 304 g/mol. The van der Waals surface area contributed by atoms with Crippen molar-refractivity contribution in [3.05, 3.63) is 71.9 Å². The van der Waals surface area contributed by atoms with Gasteiger partial charge in [0.2, 0.25) is 5.95 Å². The van der Waals surface area contributed by atoms with Gasteiger partial charge >= 0.3 is 0 Å². The van der Waals surface area contributed by atoms with Gasteiger partial charge in [-0.25, -0.2) is 9.97 Å². The number of hydrogen-bond donors (Lipinski definition) is 1. The predicted molar refractivity (Wildman–Crippen MR) is 91.1 cm³/mol. The van der Waals surface area contributed by atoms with Crippen LogP contribution < -0.4 is 10.5 Å². The lowest BCUT2D eigenvalue weighted by Crippen LogP contribution is -2.22. The van der Waals surface area contributed by atoms with Crippen LogP contribution in [0, 0.1) is 0 Å². The monoisotopic (exact) mass is 324 g/mol. The number of ether oxygens (including phenoxy) is 1. The Labute approximate surface area is 140 Å². The summed E-state index contributed by atoms with van der Waals surface area (Å²) in [4.78, 5) is 10.4. The molecule has 0 saturated carbocycles. The fourth-order valence-corrected chi connectivity index (χ4v) is 2.52. The number of nitrogens with two attached hydrogens (primary N) is 1. The molecule has 0 radical (unpaired) electrons. The smallest absolute Gasteiger partial charge is 0.219 e. The molecule has 0 fully saturated rings. The minimum absolute atomic E-state index is 0.282. The van der Waals surface area contributed by atoms with Crippen LogP contribution in [0.15, 0.2) is 59.5 Å². The van der Waals surface area contributed by atoms with Crippen molar-refractivity contribution >= 4 is 5.95 Å². The van der Waals surface area contributed by atoms with Gasteiger partial charge in [-0.05, 0) is 29.8 Å². The highest BCUT2D eigenvalue weighted by Crippen LogP contribution is 2.17. The van der Waals surface area contributed by atoms with Crippen molar-refractivity contribution in [2.75, 3.05) is 12.8 Å². The Balaban J connectivity index is 1.76. The van der Waals surface area contributed by atoms with E-state index >= 15 is 0 Å². The Kier molecular flexibility index (Phi) is 5.08. The number of methoxy groups -OCH3 is 1. The first kappa shape index (κ1) is 16.0. The van der Waals surface area contributed by atoms with Crippen LogP contribution in [0.2, 0.25) is 0 Å². The third-order valence-corrected chi connectivity index (χ3v) is 3.63. The van der Waals surface area contributed by atoms with Crippen molar-refractivity contribution < 1.29 is 9.15 Å². The van der Waals surface area contributed by atoms with Gasteiger partial charge < -0.3 is 14.9 Å². The van der Waals surface area contributed by atoms with Crippen LogP contribution in [-0.4, -0.2) is 22.0 Å². The van der Waals surface area contributed by atoms with Gasteiger partial charge in [-0.1, -0.05) is 12.1 Å². The third-order valence-electron chi connectivity index (χ3n) is 3.63. The summed E-state index contributed by atoms with van der Waals surface area (Å²) in [6, 6.07) is 11.9. The minimum atomic E-state index is 0.282. The zero-order valence-corrected chi connectivity index (χ0v) is 13.6. The molecule has 3 aromatic rings. The van der Waals surface area contributed by atoms with Crippen LogP contribution >= 0.6 is 0 Å². The molecule has 0 aliphatic carbocycles. The normalized spacial score (nSPS) is 10.9. The maximum Gasteiger partial charge on any atom is 0.219 e. The zero-order chi connectivity index (χ0) is 16.8. The van der Waals surface area contributed by atoms with Gasteiger partial charge in [0, 0.05) is 31.0 Å². The molecule has 6 heteroatoms. The van der Waals surface area contributed by atoms with Crippen LogP contribution in [0.1, 0.15) is 16.9 Å². The first-order valence-electron chi connectivity index (χ1n) is 7.67. The van der Waals surface area contributed by atoms with Crippen molar-refractivity contribution in [3.8, 4) is 5.75 Å². The molecule has 0 unspecified atom stereocenters. The second-order valence-electron chi connectivity index (χ2n) is 5.53. The lowest BCUT2D eigenvalue weighted by Gasteiger charge is -2.21. The van der Waals surface area contributed by atoms with Gasteiger partial charge in [-0.2, -0.15) is 0 Å². The van der Waals surface area contributed by atoms with Gasteiger partial charge in [-0.3, -0.25) is 4.90 Å². The van der Waals surface area contributed by atoms with Crippen molar-refractivity contribution in [1.82, 2.24) is 14.9 Å². The summed E-state index contributed by atoms with van der Waals surface area (Å²) in [7, 11) is 1.67. The van der Waals surface area contributed by atoms with E-state index in [4.69, 9.17) is 14.9 Å². The second-order valence-corrected chi connectivity index (χ2v) is 5.53. The first-order valence-corrected chi connectivity index (χ1v) is 7.67. The van der Waals surface area contributed by atoms with Gasteiger partial charge in [0.05, 0.1) is 19.9 Å². The lowest BCUT2D eigenvalue weighted by atomic mass is 10.2. The van der Waals surface area contributed by atoms with Crippen molar-refractivity contribution in [1.29, 1.82) is 0 Å². The van der Waals surface area contributed by atoms with Crippen LogP contribution in [0.4, 0.5) is 5.95 Å². The standard InChI is InChI=1S/C18H20N4O2/c1-23-16-5-2-4-14(8-16)11-22(13-17-6-3-7-24-17)12-15-9-20-18(19)21-10-15/h2-10H,11-13H2,1H3,(H2,19,20,21). The molecule has 0 atom stereocenters. The highest BCUT2D eigenvalue weighted by Gasteiger charge is 2.11. The maximum atomic E-state index is 5.56. The highest BCUT2D eigenvalue weighted by atomic mass is 16.5. The number of aromatic nitrogens is 2. The van der Waals surface area contributed by atoms with E-state index in [1.54, 1.807) is 25.8 Å². The summed E-state index contributed by atoms with van der Waals surface area (Å²) < 4.78 is 10.8. The molecule has 0 spiro atoms. The number of furan rings is 1. The largest absolute Gasteiger partial charge is 0.497 e. The number of rotatable bonds is 7. The molecule has 0 bridgehead atoms. The molecule has 0 amide bonds. The van der Waals surface area contributed by atoms with Gasteiger partial charge in [0.1, 0.15) is 11.5 Å². The highest BCUT2D eigenvalue weighted by molar-refractivity contribution is 5.28. The fraction of sp³-hybridized carbons (Fsp3) is 0.222. The molecular formula is C18H20N4O2. The Hall–Kier alpha value is -2.86. The number of nitrogens with zero attached hydrogens (tertiary/aromatic N) is 3. The van der Waals surface area contributed by atoms with E-state index < -0.39 is 0 Å². The van der Waals surface area contributed by atoms with Crippen LogP contribution in [-0.2, 0) is 19.6 Å². The molecule has 124 valence electrons. The fourth-order valence-electron chi connectivity index (χ4n) is 2.52. The molecule has 2 aromatic heterocycles. The molecule has 0 saturated heterocycles. The van der Waals surface area contributed by atoms with Crippen LogP contribution in [0.5, 0.6) is 5.75 Å². The van der Waals surface area contributed by atoms with E-state index in [1.807, 2.05) is 30.3 Å². The Morgan fingerprint density at radius 3 is 2.54 bits per heavy atom. The average molecular weight is 324 g/mol. The van der Waals surface area contributed by atoms with Crippen LogP contribution in [0.25, 0.3) is 0 Å². The molecule has 3 rings (SSSR count). The molecule has 0 aliphatic heterocycles. The third kappa shape index (κ3) is 4.33. The number of hydrogen-bond acceptors (Lipinski definition) is 6. The van der Waals surface area contributed by atoms with Gasteiger partial charge in [0.25, 0.3) is 0 Å². The topological polar surface area (TPSA) is 77.4 Å².